The van der Waals surface area contributed by atoms with Crippen LogP contribution in [0.3, 0.4) is 0 Å². The van der Waals surface area contributed by atoms with Gasteiger partial charge in [0.05, 0.1) is 5.52 Å². The molecule has 2 heterocycles. The lowest BCUT2D eigenvalue weighted by Gasteiger charge is -2.35. The van der Waals surface area contributed by atoms with Crippen LogP contribution in [0.15, 0.2) is 48.7 Å². The zero-order chi connectivity index (χ0) is 25.0. The van der Waals surface area contributed by atoms with Gasteiger partial charge in [0.2, 0.25) is 11.9 Å². The van der Waals surface area contributed by atoms with Crippen molar-refractivity contribution in [3.63, 3.8) is 0 Å². The molecule has 186 valence electrons. The van der Waals surface area contributed by atoms with Crippen molar-refractivity contribution in [3.05, 3.63) is 54.2 Å². The van der Waals surface area contributed by atoms with Gasteiger partial charge in [0.15, 0.2) is 0 Å². The molecule has 1 aromatic heterocycles. The lowest BCUT2D eigenvalue weighted by Crippen LogP contribution is -2.42. The third-order valence-electron chi connectivity index (χ3n) is 6.13. The highest BCUT2D eigenvalue weighted by atomic mass is 19.4. The second-order valence-electron chi connectivity index (χ2n) is 8.87. The van der Waals surface area contributed by atoms with Crippen LogP contribution < -0.4 is 15.0 Å². The van der Waals surface area contributed by atoms with E-state index >= 15 is 0 Å². The zero-order valence-corrected chi connectivity index (χ0v) is 19.7. The molecule has 2 aromatic carbocycles. The number of carbonyl (C=O) groups is 1. The van der Waals surface area contributed by atoms with Crippen molar-refractivity contribution >= 4 is 28.4 Å². The SMILES string of the molecule is CN(C)C1CCN(c2ncc3cc(NC(=O)CCc4ccc(OC(F)(F)F)cc4)ccc3n2)CC1. The van der Waals surface area contributed by atoms with Crippen molar-refractivity contribution in [2.45, 2.75) is 38.1 Å². The molecule has 35 heavy (non-hydrogen) atoms. The molecule has 10 heteroatoms. The molecule has 1 aliphatic heterocycles. The minimum Gasteiger partial charge on any atom is -0.406 e. The Morgan fingerprint density at radius 1 is 1.14 bits per heavy atom. The smallest absolute Gasteiger partial charge is 0.406 e. The highest BCUT2D eigenvalue weighted by Crippen LogP contribution is 2.24. The highest BCUT2D eigenvalue weighted by molar-refractivity contribution is 5.93. The minimum absolute atomic E-state index is 0.190. The molecule has 1 saturated heterocycles. The Balaban J connectivity index is 1.31. The Morgan fingerprint density at radius 2 is 1.86 bits per heavy atom. The van der Waals surface area contributed by atoms with Crippen LogP contribution in [0.1, 0.15) is 24.8 Å². The quantitative estimate of drug-likeness (QED) is 0.524. The van der Waals surface area contributed by atoms with E-state index in [2.05, 4.69) is 38.9 Å². The first-order valence-electron chi connectivity index (χ1n) is 11.5. The monoisotopic (exact) mass is 487 g/mol. The Labute approximate surface area is 201 Å². The maximum Gasteiger partial charge on any atom is 0.573 e. The normalized spacial score (nSPS) is 15.0. The fraction of sp³-hybridized carbons (Fsp3) is 0.400. The van der Waals surface area contributed by atoms with Crippen LogP contribution in [0.2, 0.25) is 0 Å². The number of benzene rings is 2. The zero-order valence-electron chi connectivity index (χ0n) is 19.7. The number of hydrogen-bond acceptors (Lipinski definition) is 6. The van der Waals surface area contributed by atoms with E-state index in [0.717, 1.165) is 48.3 Å². The summed E-state index contributed by atoms with van der Waals surface area (Å²) >= 11 is 0. The van der Waals surface area contributed by atoms with E-state index in [-0.39, 0.29) is 18.1 Å². The first-order valence-corrected chi connectivity index (χ1v) is 11.5. The van der Waals surface area contributed by atoms with Crippen molar-refractivity contribution in [2.24, 2.45) is 0 Å². The average Bonchev–Trinajstić information content (AvgIpc) is 2.82. The van der Waals surface area contributed by atoms with Crippen molar-refractivity contribution < 1.29 is 22.7 Å². The standard InChI is InChI=1S/C25H28F3N5O2/c1-32(2)20-11-13-33(14-12-20)24-29-16-18-15-19(6-9-22(18)31-24)30-23(34)10-5-17-3-7-21(8-4-17)35-25(26,27)28/h3-4,6-9,15-16,20H,5,10-14H2,1-2H3,(H,30,34). The largest absolute Gasteiger partial charge is 0.573 e. The molecule has 3 aromatic rings. The predicted octanol–water partition coefficient (Wildman–Crippen LogP) is 4.63. The Hall–Kier alpha value is -3.40. The summed E-state index contributed by atoms with van der Waals surface area (Å²) < 4.78 is 40.6. The topological polar surface area (TPSA) is 70.6 Å². The molecule has 1 aliphatic rings. The van der Waals surface area contributed by atoms with Crippen LogP contribution in [-0.2, 0) is 11.2 Å². The van der Waals surface area contributed by atoms with E-state index in [4.69, 9.17) is 4.98 Å². The van der Waals surface area contributed by atoms with Crippen LogP contribution in [0, 0.1) is 0 Å². The maximum absolute atomic E-state index is 12.4. The number of nitrogens with one attached hydrogen (secondary N) is 1. The van der Waals surface area contributed by atoms with E-state index in [1.165, 1.54) is 24.3 Å². The van der Waals surface area contributed by atoms with Gasteiger partial charge in [-0.25, -0.2) is 9.97 Å². The molecule has 1 fully saturated rings. The van der Waals surface area contributed by atoms with Crippen molar-refractivity contribution in [3.8, 4) is 5.75 Å². The lowest BCUT2D eigenvalue weighted by atomic mass is 10.0. The number of ether oxygens (including phenoxy) is 1. The number of halogens is 3. The van der Waals surface area contributed by atoms with Crippen LogP contribution in [-0.4, -0.2) is 60.4 Å². The van der Waals surface area contributed by atoms with E-state index in [9.17, 15) is 18.0 Å². The molecule has 1 N–H and O–H groups in total. The van der Waals surface area contributed by atoms with Crippen LogP contribution in [0.5, 0.6) is 5.75 Å². The molecule has 1 amide bonds. The first-order chi connectivity index (χ1) is 16.7. The molecule has 0 radical (unpaired) electrons. The molecule has 0 spiro atoms. The third kappa shape index (κ3) is 6.82. The second-order valence-corrected chi connectivity index (χ2v) is 8.87. The molecule has 0 bridgehead atoms. The number of aryl methyl sites for hydroxylation is 1. The van der Waals surface area contributed by atoms with Gasteiger partial charge in [0.25, 0.3) is 0 Å². The third-order valence-corrected chi connectivity index (χ3v) is 6.13. The van der Waals surface area contributed by atoms with Crippen LogP contribution >= 0.6 is 0 Å². The fourth-order valence-electron chi connectivity index (χ4n) is 4.18. The molecule has 0 atom stereocenters. The fourth-order valence-corrected chi connectivity index (χ4v) is 4.18. The first kappa shape index (κ1) is 24.7. The molecule has 0 aliphatic carbocycles. The number of piperidine rings is 1. The Morgan fingerprint density at radius 3 is 2.51 bits per heavy atom. The molecule has 0 saturated carbocycles. The number of anilines is 2. The summed E-state index contributed by atoms with van der Waals surface area (Å²) in [5.74, 6) is 0.240. The number of fused-ring (bicyclic) bond motifs is 1. The number of nitrogens with zero attached hydrogens (tertiary/aromatic N) is 4. The van der Waals surface area contributed by atoms with Crippen LogP contribution in [0.4, 0.5) is 24.8 Å². The molecular weight excluding hydrogens is 459 g/mol. The summed E-state index contributed by atoms with van der Waals surface area (Å²) in [7, 11) is 4.22. The van der Waals surface area contributed by atoms with Crippen molar-refractivity contribution in [1.29, 1.82) is 0 Å². The van der Waals surface area contributed by atoms with Crippen molar-refractivity contribution in [1.82, 2.24) is 14.9 Å². The maximum atomic E-state index is 12.4. The van der Waals surface area contributed by atoms with Crippen LogP contribution in [0.25, 0.3) is 10.9 Å². The van der Waals surface area contributed by atoms with Gasteiger partial charge in [-0.05, 0) is 69.3 Å². The molecule has 4 rings (SSSR count). The van der Waals surface area contributed by atoms with Gasteiger partial charge in [-0.2, -0.15) is 0 Å². The number of amides is 1. The van der Waals surface area contributed by atoms with Gasteiger partial charge in [-0.15, -0.1) is 13.2 Å². The van der Waals surface area contributed by atoms with Gasteiger partial charge in [-0.3, -0.25) is 4.79 Å². The summed E-state index contributed by atoms with van der Waals surface area (Å²) in [6, 6.07) is 11.6. The molecule has 7 nitrogen and oxygen atoms in total. The van der Waals surface area contributed by atoms with E-state index in [1.54, 1.807) is 12.3 Å². The highest BCUT2D eigenvalue weighted by Gasteiger charge is 2.31. The summed E-state index contributed by atoms with van der Waals surface area (Å²) in [4.78, 5) is 26.1. The Kier molecular flexibility index (Phi) is 7.39. The minimum atomic E-state index is -4.73. The van der Waals surface area contributed by atoms with Gasteiger partial charge < -0.3 is 19.9 Å². The van der Waals surface area contributed by atoms with E-state index in [0.29, 0.717) is 18.2 Å². The number of hydrogen-bond donors (Lipinski definition) is 1. The lowest BCUT2D eigenvalue weighted by molar-refractivity contribution is -0.274. The van der Waals surface area contributed by atoms with Gasteiger partial charge >= 0.3 is 6.36 Å². The predicted molar refractivity (Wildman–Crippen MR) is 129 cm³/mol. The summed E-state index contributed by atoms with van der Waals surface area (Å²) in [5.41, 5.74) is 2.19. The van der Waals surface area contributed by atoms with Gasteiger partial charge in [0, 0.05) is 42.8 Å². The van der Waals surface area contributed by atoms with Crippen molar-refractivity contribution in [2.75, 3.05) is 37.4 Å². The number of rotatable bonds is 7. The second kappa shape index (κ2) is 10.5. The molecular formula is C25H28F3N5O2. The summed E-state index contributed by atoms with van der Waals surface area (Å²) in [5, 5.41) is 3.69. The summed E-state index contributed by atoms with van der Waals surface area (Å²) in [6.07, 6.45) is -0.221. The summed E-state index contributed by atoms with van der Waals surface area (Å²) in [6.45, 7) is 1.83. The van der Waals surface area contributed by atoms with E-state index in [1.807, 2.05) is 12.1 Å². The number of aromatic nitrogens is 2. The Bertz CT molecular complexity index is 1160. The van der Waals surface area contributed by atoms with Gasteiger partial charge in [-0.1, -0.05) is 12.1 Å². The van der Waals surface area contributed by atoms with E-state index < -0.39 is 6.36 Å². The number of alkyl halides is 3. The molecule has 0 unspecified atom stereocenters. The number of carbonyl (C=O) groups excluding carboxylic acids is 1. The average molecular weight is 488 g/mol. The van der Waals surface area contributed by atoms with Gasteiger partial charge in [0.1, 0.15) is 5.75 Å².